The number of thioether (sulfide) groups is 1. The van der Waals surface area contributed by atoms with Crippen LogP contribution in [0.3, 0.4) is 0 Å². The fourth-order valence-electron chi connectivity index (χ4n) is 3.46. The summed E-state index contributed by atoms with van der Waals surface area (Å²) in [7, 11) is 0. The Labute approximate surface area is 188 Å². The van der Waals surface area contributed by atoms with Crippen molar-refractivity contribution in [2.75, 3.05) is 36.8 Å². The molecular weight excluding hydrogens is 433 g/mol. The fraction of sp³-hybridized carbons (Fsp3) is 0.261. The molecule has 0 atom stereocenters. The number of aromatic nitrogens is 1. The van der Waals surface area contributed by atoms with Gasteiger partial charge in [0.05, 0.1) is 17.1 Å². The van der Waals surface area contributed by atoms with E-state index < -0.39 is 5.82 Å². The van der Waals surface area contributed by atoms with Crippen molar-refractivity contribution < 1.29 is 14.0 Å². The third kappa shape index (κ3) is 5.14. The van der Waals surface area contributed by atoms with Gasteiger partial charge in [-0.05, 0) is 25.1 Å². The molecule has 31 heavy (non-hydrogen) atoms. The molecule has 0 bridgehead atoms. The summed E-state index contributed by atoms with van der Waals surface area (Å²) in [6.45, 7) is 3.62. The molecule has 0 aliphatic carbocycles. The predicted molar refractivity (Wildman–Crippen MR) is 123 cm³/mol. The molecule has 1 amide bonds. The van der Waals surface area contributed by atoms with Crippen LogP contribution in [0, 0.1) is 5.82 Å². The van der Waals surface area contributed by atoms with Crippen molar-refractivity contribution in [1.82, 2.24) is 9.88 Å². The van der Waals surface area contributed by atoms with E-state index in [0.29, 0.717) is 43.2 Å². The number of halogens is 1. The third-order valence-corrected chi connectivity index (χ3v) is 7.20. The van der Waals surface area contributed by atoms with Crippen molar-refractivity contribution >= 4 is 40.5 Å². The molecule has 2 aromatic carbocycles. The molecular formula is C23H22FN3O2S2. The number of benzene rings is 2. The highest BCUT2D eigenvalue weighted by molar-refractivity contribution is 8.01. The van der Waals surface area contributed by atoms with Crippen molar-refractivity contribution in [2.24, 2.45) is 0 Å². The van der Waals surface area contributed by atoms with Crippen LogP contribution < -0.4 is 4.90 Å². The maximum atomic E-state index is 14.4. The van der Waals surface area contributed by atoms with E-state index in [2.05, 4.69) is 4.98 Å². The summed E-state index contributed by atoms with van der Waals surface area (Å²) in [6.07, 6.45) is 0. The molecule has 8 heteroatoms. The van der Waals surface area contributed by atoms with Crippen LogP contribution in [-0.4, -0.2) is 53.5 Å². The van der Waals surface area contributed by atoms with E-state index in [1.54, 1.807) is 23.5 Å². The third-order valence-electron chi connectivity index (χ3n) is 5.20. The first-order valence-electron chi connectivity index (χ1n) is 9.98. The summed E-state index contributed by atoms with van der Waals surface area (Å²) >= 11 is 2.99. The summed E-state index contributed by atoms with van der Waals surface area (Å²) in [4.78, 5) is 32.4. The highest BCUT2D eigenvalue weighted by atomic mass is 32.2. The predicted octanol–water partition coefficient (Wildman–Crippen LogP) is 4.59. The molecule has 0 radical (unpaired) electrons. The number of anilines is 1. The Hall–Kier alpha value is -2.71. The van der Waals surface area contributed by atoms with Crippen molar-refractivity contribution in [1.29, 1.82) is 0 Å². The number of carbonyl (C=O) groups is 2. The molecule has 1 aliphatic heterocycles. The van der Waals surface area contributed by atoms with Gasteiger partial charge in [-0.2, -0.15) is 0 Å². The van der Waals surface area contributed by atoms with Crippen LogP contribution >= 0.6 is 23.1 Å². The Morgan fingerprint density at radius 2 is 1.84 bits per heavy atom. The van der Waals surface area contributed by atoms with E-state index in [1.165, 1.54) is 24.8 Å². The van der Waals surface area contributed by atoms with Gasteiger partial charge in [0.2, 0.25) is 5.91 Å². The lowest BCUT2D eigenvalue weighted by Gasteiger charge is -2.36. The largest absolute Gasteiger partial charge is 0.366 e. The van der Waals surface area contributed by atoms with Crippen LogP contribution in [0.25, 0.3) is 11.3 Å². The maximum absolute atomic E-state index is 14.4. The normalized spacial score (nSPS) is 14.0. The number of nitrogens with zero attached hydrogens (tertiary/aromatic N) is 3. The van der Waals surface area contributed by atoms with Crippen molar-refractivity contribution in [3.63, 3.8) is 0 Å². The smallest absolute Gasteiger partial charge is 0.233 e. The number of piperazine rings is 1. The molecule has 4 rings (SSSR count). The summed E-state index contributed by atoms with van der Waals surface area (Å²) in [5.74, 6) is -0.160. The second-order valence-corrected chi connectivity index (χ2v) is 9.32. The van der Waals surface area contributed by atoms with Crippen molar-refractivity contribution in [3.8, 4) is 11.3 Å². The number of rotatable bonds is 6. The number of Topliss-reactive ketones (excluding diaryl/α,β-unsaturated/α-hetero) is 1. The molecule has 0 unspecified atom stereocenters. The quantitative estimate of drug-likeness (QED) is 0.402. The number of ketones is 1. The van der Waals surface area contributed by atoms with E-state index in [1.807, 2.05) is 45.5 Å². The first-order valence-corrected chi connectivity index (χ1v) is 11.8. The van der Waals surface area contributed by atoms with E-state index in [-0.39, 0.29) is 11.7 Å². The van der Waals surface area contributed by atoms with Crippen molar-refractivity contribution in [2.45, 2.75) is 11.3 Å². The summed E-state index contributed by atoms with van der Waals surface area (Å²) in [5.41, 5.74) is 2.83. The SMILES string of the molecule is CC(=O)c1ccc(N2CCN(C(=O)CSc3nc(-c4ccccc4)cs3)CC2)c(F)c1. The lowest BCUT2D eigenvalue weighted by atomic mass is 10.1. The lowest BCUT2D eigenvalue weighted by Crippen LogP contribution is -2.49. The Morgan fingerprint density at radius 3 is 2.52 bits per heavy atom. The van der Waals surface area contributed by atoms with Crippen LogP contribution in [0.15, 0.2) is 58.3 Å². The molecule has 1 fully saturated rings. The van der Waals surface area contributed by atoms with Crippen LogP contribution in [0.4, 0.5) is 10.1 Å². The van der Waals surface area contributed by atoms with Gasteiger partial charge in [-0.3, -0.25) is 9.59 Å². The van der Waals surface area contributed by atoms with Crippen LogP contribution in [0.1, 0.15) is 17.3 Å². The second kappa shape index (κ2) is 9.62. The molecule has 3 aromatic rings. The number of amides is 1. The first-order chi connectivity index (χ1) is 15.0. The minimum Gasteiger partial charge on any atom is -0.366 e. The lowest BCUT2D eigenvalue weighted by molar-refractivity contribution is -0.128. The molecule has 5 nitrogen and oxygen atoms in total. The zero-order valence-electron chi connectivity index (χ0n) is 17.1. The average molecular weight is 456 g/mol. The minimum absolute atomic E-state index is 0.0634. The minimum atomic E-state index is -0.402. The standard InChI is InChI=1S/C23H22FN3O2S2/c1-16(28)18-7-8-21(19(24)13-18)26-9-11-27(12-10-26)22(29)15-31-23-25-20(14-30-23)17-5-3-2-4-6-17/h2-8,13-14H,9-12,15H2,1H3. The first kappa shape index (κ1) is 21.5. The molecule has 0 N–H and O–H groups in total. The zero-order chi connectivity index (χ0) is 21.8. The van der Waals surface area contributed by atoms with Gasteiger partial charge in [-0.1, -0.05) is 42.1 Å². The highest BCUT2D eigenvalue weighted by Gasteiger charge is 2.23. The van der Waals surface area contributed by atoms with Gasteiger partial charge in [0, 0.05) is 42.7 Å². The van der Waals surface area contributed by atoms with Gasteiger partial charge in [0.15, 0.2) is 10.1 Å². The Morgan fingerprint density at radius 1 is 1.10 bits per heavy atom. The van der Waals surface area contributed by atoms with Gasteiger partial charge in [-0.15, -0.1) is 11.3 Å². The zero-order valence-corrected chi connectivity index (χ0v) is 18.7. The van der Waals surface area contributed by atoms with Crippen molar-refractivity contribution in [3.05, 3.63) is 65.3 Å². The highest BCUT2D eigenvalue weighted by Crippen LogP contribution is 2.28. The molecule has 160 valence electrons. The molecule has 0 spiro atoms. The van der Waals surface area contributed by atoms with E-state index in [4.69, 9.17) is 0 Å². The van der Waals surface area contributed by atoms with Gasteiger partial charge < -0.3 is 9.80 Å². The summed E-state index contributed by atoms with van der Waals surface area (Å²) in [6, 6.07) is 14.5. The molecule has 0 saturated carbocycles. The topological polar surface area (TPSA) is 53.5 Å². The van der Waals surface area contributed by atoms with Gasteiger partial charge in [0.25, 0.3) is 0 Å². The molecule has 1 saturated heterocycles. The van der Waals surface area contributed by atoms with E-state index in [9.17, 15) is 14.0 Å². The van der Waals surface area contributed by atoms with Gasteiger partial charge in [-0.25, -0.2) is 9.37 Å². The Kier molecular flexibility index (Phi) is 6.67. The van der Waals surface area contributed by atoms with Gasteiger partial charge >= 0.3 is 0 Å². The number of carbonyl (C=O) groups excluding carboxylic acids is 2. The van der Waals surface area contributed by atoms with Crippen LogP contribution in [0.5, 0.6) is 0 Å². The van der Waals surface area contributed by atoms with Crippen LogP contribution in [-0.2, 0) is 4.79 Å². The molecule has 2 heterocycles. The van der Waals surface area contributed by atoms with Crippen LogP contribution in [0.2, 0.25) is 0 Å². The fourth-order valence-corrected chi connectivity index (χ4v) is 5.20. The Bertz CT molecular complexity index is 1080. The Balaban J connectivity index is 1.29. The maximum Gasteiger partial charge on any atom is 0.233 e. The van der Waals surface area contributed by atoms with E-state index in [0.717, 1.165) is 15.6 Å². The number of thiazole rings is 1. The summed E-state index contributed by atoms with van der Waals surface area (Å²) in [5, 5.41) is 2.01. The molecule has 1 aliphatic rings. The average Bonchev–Trinajstić information content (AvgIpc) is 3.27. The van der Waals surface area contributed by atoms with E-state index >= 15 is 0 Å². The summed E-state index contributed by atoms with van der Waals surface area (Å²) < 4.78 is 15.3. The number of hydrogen-bond acceptors (Lipinski definition) is 6. The molecule has 1 aromatic heterocycles. The second-order valence-electron chi connectivity index (χ2n) is 7.24. The van der Waals surface area contributed by atoms with Gasteiger partial charge in [0.1, 0.15) is 5.82 Å². The number of hydrogen-bond donors (Lipinski definition) is 0. The monoisotopic (exact) mass is 455 g/mol.